The van der Waals surface area contributed by atoms with Crippen LogP contribution < -0.4 is 10.6 Å². The number of rotatable bonds is 3. The quantitative estimate of drug-likeness (QED) is 0.656. The maximum Gasteiger partial charge on any atom is 0.306 e. The van der Waals surface area contributed by atoms with Gasteiger partial charge in [-0.05, 0) is 38.1 Å². The Bertz CT molecular complexity index is 542. The lowest BCUT2D eigenvalue weighted by molar-refractivity contribution is -0.387. The van der Waals surface area contributed by atoms with Gasteiger partial charge in [0.2, 0.25) is 11.7 Å². The fourth-order valence-electron chi connectivity index (χ4n) is 2.22. The van der Waals surface area contributed by atoms with Crippen molar-refractivity contribution < 1.29 is 14.1 Å². The van der Waals surface area contributed by atoms with Crippen LogP contribution in [0.3, 0.4) is 0 Å². The third-order valence-corrected chi connectivity index (χ3v) is 3.66. The summed E-state index contributed by atoms with van der Waals surface area (Å²) in [6.45, 7) is 3.38. The molecular weight excluding hydrogens is 265 g/mol. The van der Waals surface area contributed by atoms with Gasteiger partial charge in [0.05, 0.1) is 4.92 Å². The van der Waals surface area contributed by atoms with Crippen molar-refractivity contribution in [2.75, 3.05) is 18.4 Å². The summed E-state index contributed by atoms with van der Waals surface area (Å²) < 4.78 is 13.2. The molecule has 2 N–H and O–H groups in total. The molecule has 1 aliphatic rings. The number of nitrogens with one attached hydrogen (secondary N) is 2. The molecule has 108 valence electrons. The molecule has 2 rings (SSSR count). The van der Waals surface area contributed by atoms with Crippen molar-refractivity contribution in [1.82, 2.24) is 5.32 Å². The molecule has 0 bridgehead atoms. The standard InChI is InChI=1S/C13H16FN3O3/c1-13(4-6-15-7-5-13)12(18)16-9-2-3-10(14)11(8-9)17(19)20/h2-3,8,15H,4-7H2,1H3,(H,16,18). The van der Waals surface area contributed by atoms with E-state index in [2.05, 4.69) is 10.6 Å². The van der Waals surface area contributed by atoms with E-state index >= 15 is 0 Å². The summed E-state index contributed by atoms with van der Waals surface area (Å²) in [6.07, 6.45) is 1.39. The molecule has 1 saturated heterocycles. The van der Waals surface area contributed by atoms with Crippen LogP contribution in [0.25, 0.3) is 0 Å². The maximum atomic E-state index is 13.2. The number of halogens is 1. The van der Waals surface area contributed by atoms with Crippen LogP contribution >= 0.6 is 0 Å². The molecule has 1 aliphatic heterocycles. The van der Waals surface area contributed by atoms with Gasteiger partial charge in [0.25, 0.3) is 0 Å². The first-order valence-corrected chi connectivity index (χ1v) is 6.38. The molecule has 1 aromatic carbocycles. The van der Waals surface area contributed by atoms with Crippen LogP contribution in [0.15, 0.2) is 18.2 Å². The molecule has 0 aliphatic carbocycles. The number of amides is 1. The predicted molar refractivity (Wildman–Crippen MR) is 71.9 cm³/mol. The third kappa shape index (κ3) is 2.93. The highest BCUT2D eigenvalue weighted by atomic mass is 19.1. The van der Waals surface area contributed by atoms with Crippen molar-refractivity contribution in [1.29, 1.82) is 0 Å². The number of nitro groups is 1. The smallest absolute Gasteiger partial charge is 0.306 e. The Morgan fingerprint density at radius 1 is 1.45 bits per heavy atom. The van der Waals surface area contributed by atoms with Gasteiger partial charge >= 0.3 is 5.69 Å². The minimum Gasteiger partial charge on any atom is -0.325 e. The summed E-state index contributed by atoms with van der Waals surface area (Å²) in [7, 11) is 0. The van der Waals surface area contributed by atoms with E-state index in [1.807, 2.05) is 6.92 Å². The molecule has 7 heteroatoms. The molecule has 1 heterocycles. The Labute approximate surface area is 115 Å². The van der Waals surface area contributed by atoms with Gasteiger partial charge in [-0.1, -0.05) is 6.92 Å². The molecule has 0 radical (unpaired) electrons. The van der Waals surface area contributed by atoms with Gasteiger partial charge in [0.1, 0.15) is 0 Å². The largest absolute Gasteiger partial charge is 0.325 e. The Hall–Kier alpha value is -2.02. The van der Waals surface area contributed by atoms with Gasteiger partial charge in [0.15, 0.2) is 0 Å². The second-order valence-electron chi connectivity index (χ2n) is 5.19. The van der Waals surface area contributed by atoms with Crippen LogP contribution in [0.4, 0.5) is 15.8 Å². The van der Waals surface area contributed by atoms with Gasteiger partial charge in [-0.3, -0.25) is 14.9 Å². The van der Waals surface area contributed by atoms with Crippen LogP contribution in [0, 0.1) is 21.3 Å². The number of carbonyl (C=O) groups excluding carboxylic acids is 1. The lowest BCUT2D eigenvalue weighted by Gasteiger charge is -2.32. The fourth-order valence-corrected chi connectivity index (χ4v) is 2.22. The second kappa shape index (κ2) is 5.54. The number of nitro benzene ring substituents is 1. The van der Waals surface area contributed by atoms with Crippen LogP contribution in [-0.4, -0.2) is 23.9 Å². The van der Waals surface area contributed by atoms with Crippen LogP contribution in [0.5, 0.6) is 0 Å². The van der Waals surface area contributed by atoms with Crippen molar-refractivity contribution in [3.63, 3.8) is 0 Å². The molecule has 0 unspecified atom stereocenters. The molecule has 0 atom stereocenters. The highest BCUT2D eigenvalue weighted by molar-refractivity contribution is 5.95. The summed E-state index contributed by atoms with van der Waals surface area (Å²) in [5, 5.41) is 16.5. The summed E-state index contributed by atoms with van der Waals surface area (Å²) >= 11 is 0. The number of anilines is 1. The van der Waals surface area contributed by atoms with Crippen molar-refractivity contribution in [3.8, 4) is 0 Å². The predicted octanol–water partition coefficient (Wildman–Crippen LogP) is 2.06. The SMILES string of the molecule is CC1(C(=O)Nc2ccc(F)c([N+](=O)[O-])c2)CCNCC1. The van der Waals surface area contributed by atoms with Gasteiger partial charge in [-0.15, -0.1) is 0 Å². The van der Waals surface area contributed by atoms with Gasteiger partial charge in [-0.25, -0.2) is 0 Å². The normalized spacial score (nSPS) is 17.5. The van der Waals surface area contributed by atoms with Crippen molar-refractivity contribution in [2.24, 2.45) is 5.41 Å². The minimum absolute atomic E-state index is 0.195. The lowest BCUT2D eigenvalue weighted by atomic mass is 9.80. The molecule has 0 aromatic heterocycles. The molecule has 1 fully saturated rings. The average molecular weight is 281 g/mol. The Kier molecular flexibility index (Phi) is 3.99. The third-order valence-electron chi connectivity index (χ3n) is 3.66. The number of hydrogen-bond donors (Lipinski definition) is 2. The zero-order chi connectivity index (χ0) is 14.8. The Morgan fingerprint density at radius 3 is 2.70 bits per heavy atom. The lowest BCUT2D eigenvalue weighted by Crippen LogP contribution is -2.42. The average Bonchev–Trinajstić information content (AvgIpc) is 2.41. The molecular formula is C13H16FN3O3. The van der Waals surface area contributed by atoms with Crippen LogP contribution in [-0.2, 0) is 4.79 Å². The number of piperidine rings is 1. The van der Waals surface area contributed by atoms with Crippen LogP contribution in [0.1, 0.15) is 19.8 Å². The maximum absolute atomic E-state index is 13.2. The van der Waals surface area contributed by atoms with Crippen LogP contribution in [0.2, 0.25) is 0 Å². The van der Waals surface area contributed by atoms with Gasteiger partial charge in [0, 0.05) is 17.2 Å². The van der Waals surface area contributed by atoms with Crippen molar-refractivity contribution >= 4 is 17.3 Å². The zero-order valence-electron chi connectivity index (χ0n) is 11.1. The Morgan fingerprint density at radius 2 is 2.10 bits per heavy atom. The van der Waals surface area contributed by atoms with E-state index in [4.69, 9.17) is 0 Å². The molecule has 0 saturated carbocycles. The molecule has 0 spiro atoms. The Balaban J connectivity index is 2.15. The van der Waals surface area contributed by atoms with Gasteiger partial charge in [-0.2, -0.15) is 4.39 Å². The summed E-state index contributed by atoms with van der Waals surface area (Å²) in [5.41, 5.74) is -0.907. The van der Waals surface area contributed by atoms with E-state index in [0.717, 1.165) is 25.2 Å². The van der Waals surface area contributed by atoms with Crippen molar-refractivity contribution in [2.45, 2.75) is 19.8 Å². The van der Waals surface area contributed by atoms with E-state index in [-0.39, 0.29) is 11.6 Å². The number of carbonyl (C=O) groups is 1. The number of hydrogen-bond acceptors (Lipinski definition) is 4. The first-order valence-electron chi connectivity index (χ1n) is 6.38. The first kappa shape index (κ1) is 14.4. The first-order chi connectivity index (χ1) is 9.42. The topological polar surface area (TPSA) is 84.3 Å². The molecule has 1 aromatic rings. The molecule has 6 nitrogen and oxygen atoms in total. The van der Waals surface area contributed by atoms with E-state index in [9.17, 15) is 19.3 Å². The highest BCUT2D eigenvalue weighted by Crippen LogP contribution is 2.30. The van der Waals surface area contributed by atoms with E-state index in [1.165, 1.54) is 6.07 Å². The molecule has 1 amide bonds. The zero-order valence-corrected chi connectivity index (χ0v) is 11.1. The van der Waals surface area contributed by atoms with E-state index in [0.29, 0.717) is 12.8 Å². The van der Waals surface area contributed by atoms with Crippen molar-refractivity contribution in [3.05, 3.63) is 34.1 Å². The summed E-state index contributed by atoms with van der Waals surface area (Å²) in [4.78, 5) is 22.1. The highest BCUT2D eigenvalue weighted by Gasteiger charge is 2.34. The fraction of sp³-hybridized carbons (Fsp3) is 0.462. The monoisotopic (exact) mass is 281 g/mol. The van der Waals surface area contributed by atoms with E-state index in [1.54, 1.807) is 0 Å². The second-order valence-corrected chi connectivity index (χ2v) is 5.19. The van der Waals surface area contributed by atoms with E-state index < -0.39 is 21.8 Å². The summed E-state index contributed by atoms with van der Waals surface area (Å²) in [6, 6.07) is 3.35. The minimum atomic E-state index is -0.916. The number of benzene rings is 1. The van der Waals surface area contributed by atoms with Gasteiger partial charge < -0.3 is 10.6 Å². The summed E-state index contributed by atoms with van der Waals surface area (Å²) in [5.74, 6) is -1.11. The molecule has 20 heavy (non-hydrogen) atoms. The number of nitrogens with zero attached hydrogens (tertiary/aromatic N) is 1.